The van der Waals surface area contributed by atoms with E-state index in [4.69, 9.17) is 18.3 Å². The fourth-order valence-corrected chi connectivity index (χ4v) is 6.68. The van der Waals surface area contributed by atoms with Gasteiger partial charge in [-0.25, -0.2) is 0 Å². The maximum atomic E-state index is 6.41. The van der Waals surface area contributed by atoms with Gasteiger partial charge >= 0.3 is 8.56 Å². The van der Waals surface area contributed by atoms with Gasteiger partial charge in [-0.3, -0.25) is 0 Å². The van der Waals surface area contributed by atoms with Crippen LogP contribution in [0.1, 0.15) is 38.7 Å². The fourth-order valence-electron chi connectivity index (χ4n) is 3.06. The summed E-state index contributed by atoms with van der Waals surface area (Å²) in [4.78, 5) is 0. The van der Waals surface area contributed by atoms with Crippen LogP contribution in [0.2, 0.25) is 6.04 Å². The van der Waals surface area contributed by atoms with Gasteiger partial charge in [-0.1, -0.05) is 50.6 Å². The van der Waals surface area contributed by atoms with Gasteiger partial charge in [0.2, 0.25) is 5.41 Å². The third kappa shape index (κ3) is 3.60. The lowest BCUT2D eigenvalue weighted by atomic mass is 10.2. The molecule has 2 rings (SSSR count). The first-order valence-electron chi connectivity index (χ1n) is 8.23. The van der Waals surface area contributed by atoms with Crippen LogP contribution in [-0.2, 0) is 24.9 Å². The first-order valence-corrected chi connectivity index (χ1v) is 10.2. The lowest BCUT2D eigenvalue weighted by Gasteiger charge is -2.47. The Kier molecular flexibility index (Phi) is 6.59. The topological polar surface area (TPSA) is 36.9 Å². The summed E-state index contributed by atoms with van der Waals surface area (Å²) in [5.41, 5.74) is 0.458. The maximum absolute atomic E-state index is 6.41. The molecule has 1 aromatic carbocycles. The zero-order chi connectivity index (χ0) is 15.9. The van der Waals surface area contributed by atoms with Crippen molar-refractivity contribution in [3.8, 4) is 0 Å². The molecule has 4 nitrogen and oxygen atoms in total. The van der Waals surface area contributed by atoms with Crippen LogP contribution in [0.3, 0.4) is 0 Å². The van der Waals surface area contributed by atoms with Crippen LogP contribution in [0.15, 0.2) is 30.3 Å². The van der Waals surface area contributed by atoms with E-state index in [0.29, 0.717) is 19.8 Å². The Balaban J connectivity index is 2.21. The highest BCUT2D eigenvalue weighted by atomic mass is 28.4. The third-order valence-electron chi connectivity index (χ3n) is 4.23. The first kappa shape index (κ1) is 17.6. The summed E-state index contributed by atoms with van der Waals surface area (Å²) >= 11 is 0. The summed E-state index contributed by atoms with van der Waals surface area (Å²) in [7, 11) is -0.904. The lowest BCUT2D eigenvalue weighted by molar-refractivity contribution is -0.239. The number of benzene rings is 1. The van der Waals surface area contributed by atoms with Gasteiger partial charge in [0.05, 0.1) is 19.8 Å². The lowest BCUT2D eigenvalue weighted by Crippen LogP contribution is -2.66. The molecule has 1 atom stereocenters. The van der Waals surface area contributed by atoms with E-state index >= 15 is 0 Å². The van der Waals surface area contributed by atoms with E-state index in [-0.39, 0.29) is 0 Å². The summed E-state index contributed by atoms with van der Waals surface area (Å²) in [6.45, 7) is 6.20. The maximum Gasteiger partial charge on any atom is 0.399 e. The van der Waals surface area contributed by atoms with Crippen molar-refractivity contribution in [1.29, 1.82) is 0 Å². The molecular weight excluding hydrogens is 296 g/mol. The highest BCUT2D eigenvalue weighted by molar-refractivity contribution is 6.70. The van der Waals surface area contributed by atoms with Crippen LogP contribution < -0.4 is 0 Å². The van der Waals surface area contributed by atoms with Gasteiger partial charge < -0.3 is 18.3 Å². The van der Waals surface area contributed by atoms with Crippen molar-refractivity contribution in [2.45, 2.75) is 51.2 Å². The van der Waals surface area contributed by atoms with Crippen LogP contribution in [0.25, 0.3) is 0 Å². The molecule has 0 aromatic heterocycles. The molecule has 0 saturated carbocycles. The van der Waals surface area contributed by atoms with E-state index in [0.717, 1.165) is 30.9 Å². The Morgan fingerprint density at radius 3 is 2.36 bits per heavy atom. The second-order valence-electron chi connectivity index (χ2n) is 5.64. The van der Waals surface area contributed by atoms with Crippen LogP contribution in [0, 0.1) is 0 Å². The second-order valence-corrected chi connectivity index (χ2v) is 9.10. The van der Waals surface area contributed by atoms with Gasteiger partial charge in [-0.2, -0.15) is 0 Å². The standard InChI is InChI=1S/C17H28O4Si/c1-4-14-22(18-3,17(5-2)19-12-9-13-20-17)21-15-16-10-7-6-8-11-16/h6-8,10-11H,4-5,9,12-15H2,1-3H3. The molecule has 0 N–H and O–H groups in total. The van der Waals surface area contributed by atoms with Gasteiger partial charge in [-0.05, 0) is 18.0 Å². The van der Waals surface area contributed by atoms with Crippen molar-refractivity contribution in [2.75, 3.05) is 20.3 Å². The molecule has 1 unspecified atom stereocenters. The summed E-state index contributed by atoms with van der Waals surface area (Å²) in [6, 6.07) is 11.1. The van der Waals surface area contributed by atoms with E-state index in [1.807, 2.05) is 18.2 Å². The van der Waals surface area contributed by atoms with E-state index in [2.05, 4.69) is 26.0 Å². The van der Waals surface area contributed by atoms with Crippen LogP contribution in [0.4, 0.5) is 0 Å². The molecule has 5 heteroatoms. The van der Waals surface area contributed by atoms with Gasteiger partial charge in [0.15, 0.2) is 0 Å². The van der Waals surface area contributed by atoms with Crippen molar-refractivity contribution >= 4 is 8.56 Å². The largest absolute Gasteiger partial charge is 0.399 e. The van der Waals surface area contributed by atoms with Crippen LogP contribution >= 0.6 is 0 Å². The average molecular weight is 324 g/mol. The molecule has 1 fully saturated rings. The van der Waals surface area contributed by atoms with Gasteiger partial charge in [0.1, 0.15) is 0 Å². The summed E-state index contributed by atoms with van der Waals surface area (Å²) in [5, 5.41) is 0. The highest BCUT2D eigenvalue weighted by Gasteiger charge is 2.59. The summed E-state index contributed by atoms with van der Waals surface area (Å²) in [6.07, 6.45) is 2.67. The quantitative estimate of drug-likeness (QED) is 0.682. The molecule has 1 heterocycles. The van der Waals surface area contributed by atoms with E-state index in [9.17, 15) is 0 Å². The molecule has 1 saturated heterocycles. The molecule has 124 valence electrons. The molecule has 22 heavy (non-hydrogen) atoms. The minimum atomic E-state index is -2.65. The highest BCUT2D eigenvalue weighted by Crippen LogP contribution is 2.38. The Hall–Kier alpha value is -0.723. The molecule has 0 aliphatic carbocycles. The summed E-state index contributed by atoms with van der Waals surface area (Å²) < 4.78 is 24.6. The molecule has 1 aliphatic rings. The first-order chi connectivity index (χ1) is 10.7. The SMILES string of the molecule is CCC[Si](OC)(OCc1ccccc1)C1(CC)OCCCO1. The molecule has 1 aromatic rings. The molecule has 0 spiro atoms. The van der Waals surface area contributed by atoms with Crippen LogP contribution in [0.5, 0.6) is 0 Å². The monoisotopic (exact) mass is 324 g/mol. The van der Waals surface area contributed by atoms with E-state index < -0.39 is 14.0 Å². The Bertz CT molecular complexity index is 434. The number of ether oxygens (including phenoxy) is 2. The average Bonchev–Trinajstić information content (AvgIpc) is 2.60. The van der Waals surface area contributed by atoms with Crippen molar-refractivity contribution < 1.29 is 18.3 Å². The Morgan fingerprint density at radius 1 is 1.14 bits per heavy atom. The zero-order valence-electron chi connectivity index (χ0n) is 14.0. The smallest absolute Gasteiger partial charge is 0.395 e. The Labute approximate surface area is 135 Å². The molecule has 0 radical (unpaired) electrons. The third-order valence-corrected chi connectivity index (χ3v) is 8.46. The number of hydrogen-bond donors (Lipinski definition) is 0. The number of rotatable bonds is 8. The molecule has 0 bridgehead atoms. The predicted octanol–water partition coefficient (Wildman–Crippen LogP) is 3.78. The minimum absolute atomic E-state index is 0.537. The van der Waals surface area contributed by atoms with Gasteiger partial charge in [0, 0.05) is 13.5 Å². The summed E-state index contributed by atoms with van der Waals surface area (Å²) in [5.74, 6) is 0. The molecular formula is C17H28O4Si. The van der Waals surface area contributed by atoms with Crippen molar-refractivity contribution in [2.24, 2.45) is 0 Å². The van der Waals surface area contributed by atoms with E-state index in [1.165, 1.54) is 0 Å². The van der Waals surface area contributed by atoms with Gasteiger partial charge in [-0.15, -0.1) is 0 Å². The van der Waals surface area contributed by atoms with Gasteiger partial charge in [0.25, 0.3) is 0 Å². The zero-order valence-corrected chi connectivity index (χ0v) is 15.0. The normalized spacial score (nSPS) is 20.5. The van der Waals surface area contributed by atoms with Crippen molar-refractivity contribution in [3.05, 3.63) is 35.9 Å². The predicted molar refractivity (Wildman–Crippen MR) is 88.6 cm³/mol. The molecule has 0 amide bonds. The van der Waals surface area contributed by atoms with Crippen LogP contribution in [-0.4, -0.2) is 34.3 Å². The Morgan fingerprint density at radius 2 is 1.82 bits per heavy atom. The minimum Gasteiger partial charge on any atom is -0.395 e. The van der Waals surface area contributed by atoms with E-state index in [1.54, 1.807) is 7.11 Å². The second kappa shape index (κ2) is 8.22. The van der Waals surface area contributed by atoms with Crippen molar-refractivity contribution in [1.82, 2.24) is 0 Å². The fraction of sp³-hybridized carbons (Fsp3) is 0.647. The van der Waals surface area contributed by atoms with Crippen molar-refractivity contribution in [3.63, 3.8) is 0 Å². The molecule has 1 aliphatic heterocycles. The number of hydrogen-bond acceptors (Lipinski definition) is 4.